The van der Waals surface area contributed by atoms with Crippen molar-refractivity contribution in [1.29, 1.82) is 0 Å². The van der Waals surface area contributed by atoms with Gasteiger partial charge >= 0.3 is 0 Å². The van der Waals surface area contributed by atoms with Gasteiger partial charge in [0.15, 0.2) is 5.82 Å². The van der Waals surface area contributed by atoms with E-state index in [0.29, 0.717) is 5.56 Å². The minimum absolute atomic E-state index is 0.0285. The molecular formula is C9H9N5O. The number of benzene rings is 1. The number of aromatic nitrogens is 3. The minimum Gasteiger partial charge on any atom is -0.507 e. The molecule has 76 valence electrons. The Labute approximate surface area is 85.6 Å². The van der Waals surface area contributed by atoms with Crippen LogP contribution in [0, 0.1) is 0 Å². The molecule has 15 heavy (non-hydrogen) atoms. The first-order chi connectivity index (χ1) is 7.16. The second-order valence-electron chi connectivity index (χ2n) is 2.89. The van der Waals surface area contributed by atoms with Gasteiger partial charge in [-0.3, -0.25) is 0 Å². The molecule has 5 N–H and O–H groups in total. The van der Waals surface area contributed by atoms with Crippen LogP contribution < -0.4 is 11.5 Å². The van der Waals surface area contributed by atoms with Crippen molar-refractivity contribution in [3.05, 3.63) is 24.3 Å². The van der Waals surface area contributed by atoms with Crippen LogP contribution >= 0.6 is 0 Å². The Morgan fingerprint density at radius 2 is 1.53 bits per heavy atom. The van der Waals surface area contributed by atoms with Crippen LogP contribution in [0.5, 0.6) is 5.75 Å². The van der Waals surface area contributed by atoms with Crippen LogP contribution in [-0.2, 0) is 0 Å². The SMILES string of the molecule is Nc1nc(N)nc(-c2ccccc2O)n1. The van der Waals surface area contributed by atoms with Crippen LogP contribution in [0.25, 0.3) is 11.4 Å². The van der Waals surface area contributed by atoms with Crippen molar-refractivity contribution in [2.45, 2.75) is 0 Å². The highest BCUT2D eigenvalue weighted by Crippen LogP contribution is 2.25. The zero-order valence-electron chi connectivity index (χ0n) is 7.75. The largest absolute Gasteiger partial charge is 0.507 e. The highest BCUT2D eigenvalue weighted by Gasteiger charge is 2.08. The summed E-state index contributed by atoms with van der Waals surface area (Å²) in [6.07, 6.45) is 0. The molecule has 0 amide bonds. The summed E-state index contributed by atoms with van der Waals surface area (Å²) in [5.74, 6) is 0.391. The first kappa shape index (κ1) is 9.20. The van der Waals surface area contributed by atoms with E-state index in [2.05, 4.69) is 15.0 Å². The molecule has 0 radical (unpaired) electrons. The quantitative estimate of drug-likeness (QED) is 0.619. The van der Waals surface area contributed by atoms with Gasteiger partial charge < -0.3 is 16.6 Å². The normalized spacial score (nSPS) is 10.1. The topological polar surface area (TPSA) is 111 Å². The second kappa shape index (κ2) is 3.41. The Bertz CT molecular complexity index is 479. The molecule has 0 saturated carbocycles. The van der Waals surface area contributed by atoms with Gasteiger partial charge in [0, 0.05) is 0 Å². The number of phenols is 1. The van der Waals surface area contributed by atoms with Crippen molar-refractivity contribution in [2.75, 3.05) is 11.5 Å². The molecule has 0 spiro atoms. The molecular weight excluding hydrogens is 194 g/mol. The van der Waals surface area contributed by atoms with Crippen LogP contribution in [0.4, 0.5) is 11.9 Å². The number of nitrogen functional groups attached to an aromatic ring is 2. The van der Waals surface area contributed by atoms with Crippen LogP contribution in [0.15, 0.2) is 24.3 Å². The fraction of sp³-hybridized carbons (Fsp3) is 0. The molecule has 0 bridgehead atoms. The van der Waals surface area contributed by atoms with E-state index in [1.165, 1.54) is 6.07 Å². The molecule has 0 saturated heterocycles. The smallest absolute Gasteiger partial charge is 0.225 e. The molecule has 0 fully saturated rings. The standard InChI is InChI=1S/C9H9N5O/c10-8-12-7(13-9(11)14-8)5-3-1-2-4-6(5)15/h1-4,15H,(H4,10,11,12,13,14). The summed E-state index contributed by atoms with van der Waals surface area (Å²) in [5, 5.41) is 9.56. The van der Waals surface area contributed by atoms with E-state index in [0.717, 1.165) is 0 Å². The molecule has 1 heterocycles. The van der Waals surface area contributed by atoms with Crippen LogP contribution in [0.2, 0.25) is 0 Å². The fourth-order valence-corrected chi connectivity index (χ4v) is 1.19. The molecule has 0 aliphatic rings. The summed E-state index contributed by atoms with van der Waals surface area (Å²) in [7, 11) is 0. The third kappa shape index (κ3) is 1.78. The molecule has 2 rings (SSSR count). The first-order valence-corrected chi connectivity index (χ1v) is 4.22. The lowest BCUT2D eigenvalue weighted by Gasteiger charge is -2.03. The van der Waals surface area contributed by atoms with Crippen LogP contribution in [-0.4, -0.2) is 20.1 Å². The lowest BCUT2D eigenvalue weighted by Crippen LogP contribution is -2.04. The third-order valence-corrected chi connectivity index (χ3v) is 1.81. The van der Waals surface area contributed by atoms with Gasteiger partial charge in [-0.25, -0.2) is 0 Å². The fourth-order valence-electron chi connectivity index (χ4n) is 1.19. The summed E-state index contributed by atoms with van der Waals surface area (Å²) in [6, 6.07) is 6.66. The van der Waals surface area contributed by atoms with Crippen LogP contribution in [0.1, 0.15) is 0 Å². The van der Waals surface area contributed by atoms with Gasteiger partial charge in [-0.05, 0) is 12.1 Å². The molecule has 6 heteroatoms. The maximum Gasteiger partial charge on any atom is 0.225 e. The summed E-state index contributed by atoms with van der Waals surface area (Å²) in [6.45, 7) is 0. The van der Waals surface area contributed by atoms with Crippen molar-refractivity contribution < 1.29 is 5.11 Å². The maximum atomic E-state index is 9.56. The van der Waals surface area contributed by atoms with Crippen molar-refractivity contribution in [3.63, 3.8) is 0 Å². The molecule has 0 aliphatic carbocycles. The van der Waals surface area contributed by atoms with E-state index in [1.807, 2.05) is 0 Å². The number of nitrogens with zero attached hydrogens (tertiary/aromatic N) is 3. The van der Waals surface area contributed by atoms with Gasteiger partial charge in [0.2, 0.25) is 11.9 Å². The second-order valence-corrected chi connectivity index (χ2v) is 2.89. The Morgan fingerprint density at radius 3 is 2.13 bits per heavy atom. The average Bonchev–Trinajstić information content (AvgIpc) is 2.16. The van der Waals surface area contributed by atoms with Crippen LogP contribution in [0.3, 0.4) is 0 Å². The van der Waals surface area contributed by atoms with Gasteiger partial charge in [-0.1, -0.05) is 12.1 Å². The van der Waals surface area contributed by atoms with Crippen molar-refractivity contribution in [2.24, 2.45) is 0 Å². The zero-order chi connectivity index (χ0) is 10.8. The number of rotatable bonds is 1. The molecule has 0 atom stereocenters. The lowest BCUT2D eigenvalue weighted by molar-refractivity contribution is 0.477. The molecule has 2 aromatic rings. The van der Waals surface area contributed by atoms with Crippen molar-refractivity contribution in [3.8, 4) is 17.1 Å². The first-order valence-electron chi connectivity index (χ1n) is 4.22. The predicted molar refractivity (Wildman–Crippen MR) is 55.8 cm³/mol. The summed E-state index contributed by atoms with van der Waals surface area (Å²) < 4.78 is 0. The highest BCUT2D eigenvalue weighted by atomic mass is 16.3. The number of anilines is 2. The van der Waals surface area contributed by atoms with Gasteiger partial charge in [0.25, 0.3) is 0 Å². The Hall–Kier alpha value is -2.37. The number of hydrogen-bond donors (Lipinski definition) is 3. The van der Waals surface area contributed by atoms with E-state index in [1.54, 1.807) is 18.2 Å². The third-order valence-electron chi connectivity index (χ3n) is 1.81. The van der Waals surface area contributed by atoms with E-state index in [9.17, 15) is 5.11 Å². The number of nitrogens with two attached hydrogens (primary N) is 2. The predicted octanol–water partition coefficient (Wildman–Crippen LogP) is 0.409. The minimum atomic E-state index is 0.0285. The summed E-state index contributed by atoms with van der Waals surface area (Å²) >= 11 is 0. The number of hydrogen-bond acceptors (Lipinski definition) is 6. The average molecular weight is 203 g/mol. The van der Waals surface area contributed by atoms with Gasteiger partial charge in [-0.2, -0.15) is 15.0 Å². The Kier molecular flexibility index (Phi) is 2.09. The highest BCUT2D eigenvalue weighted by molar-refractivity contribution is 5.64. The van der Waals surface area contributed by atoms with Gasteiger partial charge in [0.1, 0.15) is 5.75 Å². The molecule has 6 nitrogen and oxygen atoms in total. The Balaban J connectivity index is 2.59. The van der Waals surface area contributed by atoms with E-state index < -0.39 is 0 Å². The lowest BCUT2D eigenvalue weighted by atomic mass is 10.2. The van der Waals surface area contributed by atoms with E-state index in [4.69, 9.17) is 11.5 Å². The summed E-state index contributed by atoms with van der Waals surface area (Å²) in [5.41, 5.74) is 11.3. The molecule has 0 aliphatic heterocycles. The summed E-state index contributed by atoms with van der Waals surface area (Å²) in [4.78, 5) is 11.4. The Morgan fingerprint density at radius 1 is 0.933 bits per heavy atom. The monoisotopic (exact) mass is 203 g/mol. The molecule has 0 unspecified atom stereocenters. The molecule has 1 aromatic carbocycles. The number of aromatic hydroxyl groups is 1. The molecule has 1 aromatic heterocycles. The number of para-hydroxylation sites is 1. The zero-order valence-corrected chi connectivity index (χ0v) is 7.75. The van der Waals surface area contributed by atoms with Crippen molar-refractivity contribution in [1.82, 2.24) is 15.0 Å². The van der Waals surface area contributed by atoms with Gasteiger partial charge in [0.05, 0.1) is 5.56 Å². The van der Waals surface area contributed by atoms with Crippen molar-refractivity contribution >= 4 is 11.9 Å². The van der Waals surface area contributed by atoms with Gasteiger partial charge in [-0.15, -0.1) is 0 Å². The number of phenolic OH excluding ortho intramolecular Hbond substituents is 1. The van der Waals surface area contributed by atoms with E-state index >= 15 is 0 Å². The van der Waals surface area contributed by atoms with E-state index in [-0.39, 0.29) is 23.5 Å². The maximum absolute atomic E-state index is 9.56.